The predicted molar refractivity (Wildman–Crippen MR) is 49.0 cm³/mol. The predicted octanol–water partition coefficient (Wildman–Crippen LogP) is 2.25. The van der Waals surface area contributed by atoms with E-state index in [2.05, 4.69) is 16.0 Å². The molecule has 2 aromatic rings. The standard InChI is InChI=1S/C10H10N2/c1-7-3-9-6-11-5-8(2)10(9)12-4-7/h3-6H,1-2H3. The van der Waals surface area contributed by atoms with E-state index in [1.807, 2.05) is 32.4 Å². The van der Waals surface area contributed by atoms with Crippen molar-refractivity contribution in [3.63, 3.8) is 0 Å². The van der Waals surface area contributed by atoms with Crippen LogP contribution in [0.3, 0.4) is 0 Å². The first kappa shape index (κ1) is 7.22. The Morgan fingerprint density at radius 3 is 2.75 bits per heavy atom. The van der Waals surface area contributed by atoms with E-state index in [-0.39, 0.29) is 0 Å². The molecule has 0 saturated heterocycles. The number of hydrogen-bond acceptors (Lipinski definition) is 2. The molecule has 0 atom stereocenters. The van der Waals surface area contributed by atoms with Crippen molar-refractivity contribution in [1.29, 1.82) is 0 Å². The number of pyridine rings is 2. The van der Waals surface area contributed by atoms with Crippen molar-refractivity contribution < 1.29 is 0 Å². The van der Waals surface area contributed by atoms with Gasteiger partial charge in [0.25, 0.3) is 0 Å². The molecule has 2 nitrogen and oxygen atoms in total. The van der Waals surface area contributed by atoms with Crippen LogP contribution < -0.4 is 0 Å². The fraction of sp³-hybridized carbons (Fsp3) is 0.200. The zero-order valence-electron chi connectivity index (χ0n) is 7.20. The van der Waals surface area contributed by atoms with Gasteiger partial charge in [-0.2, -0.15) is 0 Å². The molecule has 0 aromatic carbocycles. The summed E-state index contributed by atoms with van der Waals surface area (Å²) in [5.74, 6) is 0. The van der Waals surface area contributed by atoms with Crippen molar-refractivity contribution in [2.75, 3.05) is 0 Å². The van der Waals surface area contributed by atoms with E-state index in [0.717, 1.165) is 16.5 Å². The van der Waals surface area contributed by atoms with E-state index in [4.69, 9.17) is 0 Å². The lowest BCUT2D eigenvalue weighted by Crippen LogP contribution is -1.85. The van der Waals surface area contributed by atoms with Gasteiger partial charge in [0.2, 0.25) is 0 Å². The molecule has 0 fully saturated rings. The maximum absolute atomic E-state index is 4.34. The second-order valence-corrected chi connectivity index (χ2v) is 3.04. The smallest absolute Gasteiger partial charge is 0.0762 e. The van der Waals surface area contributed by atoms with E-state index in [0.29, 0.717) is 0 Å². The highest BCUT2D eigenvalue weighted by Gasteiger charge is 1.97. The Morgan fingerprint density at radius 1 is 1.08 bits per heavy atom. The van der Waals surface area contributed by atoms with Crippen LogP contribution in [0.4, 0.5) is 0 Å². The molecular formula is C10H10N2. The lowest BCUT2D eigenvalue weighted by molar-refractivity contribution is 1.25. The highest BCUT2D eigenvalue weighted by molar-refractivity contribution is 5.80. The largest absolute Gasteiger partial charge is 0.264 e. The molecule has 0 saturated carbocycles. The summed E-state index contributed by atoms with van der Waals surface area (Å²) in [4.78, 5) is 8.45. The van der Waals surface area contributed by atoms with Gasteiger partial charge in [0.05, 0.1) is 5.52 Å². The van der Waals surface area contributed by atoms with Crippen LogP contribution in [0, 0.1) is 13.8 Å². The number of fused-ring (bicyclic) bond motifs is 1. The topological polar surface area (TPSA) is 25.8 Å². The van der Waals surface area contributed by atoms with Crippen LogP contribution in [0.15, 0.2) is 24.7 Å². The molecule has 0 aliphatic rings. The third-order valence-electron chi connectivity index (χ3n) is 1.91. The van der Waals surface area contributed by atoms with Gasteiger partial charge < -0.3 is 0 Å². The Morgan fingerprint density at radius 2 is 1.92 bits per heavy atom. The van der Waals surface area contributed by atoms with Gasteiger partial charge in [-0.3, -0.25) is 9.97 Å². The number of nitrogens with zero attached hydrogens (tertiary/aromatic N) is 2. The van der Waals surface area contributed by atoms with Gasteiger partial charge in [-0.25, -0.2) is 0 Å². The number of hydrogen-bond donors (Lipinski definition) is 0. The second kappa shape index (κ2) is 2.55. The van der Waals surface area contributed by atoms with Crippen LogP contribution in [0.5, 0.6) is 0 Å². The third-order valence-corrected chi connectivity index (χ3v) is 1.91. The summed E-state index contributed by atoms with van der Waals surface area (Å²) in [7, 11) is 0. The lowest BCUT2D eigenvalue weighted by Gasteiger charge is -1.99. The summed E-state index contributed by atoms with van der Waals surface area (Å²) in [5, 5.41) is 1.12. The quantitative estimate of drug-likeness (QED) is 0.587. The van der Waals surface area contributed by atoms with Gasteiger partial charge in [0, 0.05) is 24.0 Å². The Labute approximate surface area is 71.3 Å². The van der Waals surface area contributed by atoms with E-state index in [1.54, 1.807) is 0 Å². The van der Waals surface area contributed by atoms with Gasteiger partial charge >= 0.3 is 0 Å². The molecule has 0 N–H and O–H groups in total. The first-order chi connectivity index (χ1) is 5.77. The SMILES string of the molecule is Cc1cnc2c(C)cncc2c1. The second-order valence-electron chi connectivity index (χ2n) is 3.04. The van der Waals surface area contributed by atoms with Gasteiger partial charge in [-0.1, -0.05) is 0 Å². The zero-order chi connectivity index (χ0) is 8.55. The molecule has 0 spiro atoms. The minimum atomic E-state index is 1.05. The van der Waals surface area contributed by atoms with Crippen molar-refractivity contribution in [3.8, 4) is 0 Å². The van der Waals surface area contributed by atoms with Crippen molar-refractivity contribution >= 4 is 10.9 Å². The van der Waals surface area contributed by atoms with Crippen LogP contribution in [-0.2, 0) is 0 Å². The van der Waals surface area contributed by atoms with Crippen molar-refractivity contribution in [3.05, 3.63) is 35.8 Å². The van der Waals surface area contributed by atoms with Gasteiger partial charge in [0.15, 0.2) is 0 Å². The molecule has 0 bridgehead atoms. The molecule has 12 heavy (non-hydrogen) atoms. The third kappa shape index (κ3) is 1.05. The summed E-state index contributed by atoms with van der Waals surface area (Å²) in [6.45, 7) is 4.06. The van der Waals surface area contributed by atoms with Crippen LogP contribution in [-0.4, -0.2) is 9.97 Å². The Hall–Kier alpha value is -1.44. The molecule has 0 amide bonds. The van der Waals surface area contributed by atoms with Crippen molar-refractivity contribution in [2.24, 2.45) is 0 Å². The van der Waals surface area contributed by atoms with E-state index in [9.17, 15) is 0 Å². The minimum Gasteiger partial charge on any atom is -0.264 e. The Balaban J connectivity index is 2.86. The van der Waals surface area contributed by atoms with Crippen molar-refractivity contribution in [2.45, 2.75) is 13.8 Å². The normalized spacial score (nSPS) is 10.5. The first-order valence-electron chi connectivity index (χ1n) is 3.94. The van der Waals surface area contributed by atoms with E-state index in [1.165, 1.54) is 5.56 Å². The highest BCUT2D eigenvalue weighted by Crippen LogP contribution is 2.14. The molecule has 0 aliphatic heterocycles. The maximum Gasteiger partial charge on any atom is 0.0762 e. The van der Waals surface area contributed by atoms with Crippen LogP contribution >= 0.6 is 0 Å². The van der Waals surface area contributed by atoms with Gasteiger partial charge in [-0.15, -0.1) is 0 Å². The summed E-state index contributed by atoms with van der Waals surface area (Å²) in [5.41, 5.74) is 3.36. The van der Waals surface area contributed by atoms with Gasteiger partial charge in [0.1, 0.15) is 0 Å². The zero-order valence-corrected chi connectivity index (χ0v) is 7.20. The monoisotopic (exact) mass is 158 g/mol. The Bertz CT molecular complexity index is 421. The molecule has 2 heterocycles. The van der Waals surface area contributed by atoms with E-state index >= 15 is 0 Å². The minimum absolute atomic E-state index is 1.05. The lowest BCUT2D eigenvalue weighted by atomic mass is 10.2. The van der Waals surface area contributed by atoms with Crippen LogP contribution in [0.2, 0.25) is 0 Å². The fourth-order valence-corrected chi connectivity index (χ4v) is 1.31. The molecule has 2 rings (SSSR count). The Kier molecular flexibility index (Phi) is 1.54. The van der Waals surface area contributed by atoms with Gasteiger partial charge in [-0.05, 0) is 31.0 Å². The molecule has 60 valence electrons. The number of aromatic nitrogens is 2. The van der Waals surface area contributed by atoms with E-state index < -0.39 is 0 Å². The molecule has 0 radical (unpaired) electrons. The highest BCUT2D eigenvalue weighted by atomic mass is 14.7. The first-order valence-corrected chi connectivity index (χ1v) is 3.94. The molecule has 2 aromatic heterocycles. The summed E-state index contributed by atoms with van der Waals surface area (Å²) < 4.78 is 0. The summed E-state index contributed by atoms with van der Waals surface area (Å²) in [6, 6.07) is 2.10. The molecule has 0 aliphatic carbocycles. The average molecular weight is 158 g/mol. The number of rotatable bonds is 0. The molecule has 2 heteroatoms. The van der Waals surface area contributed by atoms with Crippen molar-refractivity contribution in [1.82, 2.24) is 9.97 Å². The van der Waals surface area contributed by atoms with Crippen LogP contribution in [0.25, 0.3) is 10.9 Å². The maximum atomic E-state index is 4.34. The molecular weight excluding hydrogens is 148 g/mol. The average Bonchev–Trinajstić information content (AvgIpc) is 2.04. The fourth-order valence-electron chi connectivity index (χ4n) is 1.31. The molecule has 0 unspecified atom stereocenters. The number of aryl methyl sites for hydroxylation is 2. The summed E-state index contributed by atoms with van der Waals surface area (Å²) >= 11 is 0. The summed E-state index contributed by atoms with van der Waals surface area (Å²) in [6.07, 6.45) is 5.57. The van der Waals surface area contributed by atoms with Crippen LogP contribution in [0.1, 0.15) is 11.1 Å².